The van der Waals surface area contributed by atoms with Gasteiger partial charge in [-0.2, -0.15) is 11.8 Å². The van der Waals surface area contributed by atoms with Crippen LogP contribution in [0.4, 0.5) is 0 Å². The first-order valence-electron chi connectivity index (χ1n) is 9.80. The van der Waals surface area contributed by atoms with Gasteiger partial charge in [-0.1, -0.05) is 37.3 Å². The first-order chi connectivity index (χ1) is 14.2. The molecule has 3 aromatic rings. The number of fused-ring (bicyclic) bond motifs is 1. The molecular formula is C23H28N2O3S. The van der Waals surface area contributed by atoms with Gasteiger partial charge in [-0.3, -0.25) is 4.79 Å². The molecule has 1 atom stereocenters. The van der Waals surface area contributed by atoms with Gasteiger partial charge in [0, 0.05) is 47.3 Å². The van der Waals surface area contributed by atoms with Crippen LogP contribution in [0.1, 0.15) is 30.4 Å². The number of thioether (sulfide) groups is 1. The number of hydrogen-bond donors (Lipinski definition) is 2. The maximum absolute atomic E-state index is 12.4. The van der Waals surface area contributed by atoms with E-state index < -0.39 is 0 Å². The van der Waals surface area contributed by atoms with Crippen molar-refractivity contribution in [2.24, 2.45) is 0 Å². The Labute approximate surface area is 176 Å². The van der Waals surface area contributed by atoms with E-state index >= 15 is 0 Å². The van der Waals surface area contributed by atoms with E-state index in [4.69, 9.17) is 9.47 Å². The van der Waals surface area contributed by atoms with Crippen molar-refractivity contribution >= 4 is 28.6 Å². The maximum atomic E-state index is 12.4. The average molecular weight is 413 g/mol. The molecule has 0 radical (unpaired) electrons. The Balaban J connectivity index is 1.96. The van der Waals surface area contributed by atoms with Crippen LogP contribution in [-0.4, -0.2) is 43.2 Å². The van der Waals surface area contributed by atoms with Crippen molar-refractivity contribution in [3.63, 3.8) is 0 Å². The summed E-state index contributed by atoms with van der Waals surface area (Å²) in [6.45, 7) is 2.59. The number of aromatic amines is 1. The number of amides is 1. The van der Waals surface area contributed by atoms with E-state index in [1.165, 1.54) is 0 Å². The highest BCUT2D eigenvalue weighted by molar-refractivity contribution is 7.99. The van der Waals surface area contributed by atoms with Gasteiger partial charge in [-0.25, -0.2) is 0 Å². The highest BCUT2D eigenvalue weighted by atomic mass is 32.2. The average Bonchev–Trinajstić information content (AvgIpc) is 3.18. The van der Waals surface area contributed by atoms with Crippen LogP contribution >= 0.6 is 11.8 Å². The van der Waals surface area contributed by atoms with Crippen LogP contribution in [0, 0.1) is 0 Å². The van der Waals surface area contributed by atoms with Gasteiger partial charge >= 0.3 is 0 Å². The van der Waals surface area contributed by atoms with Crippen LogP contribution in [0.5, 0.6) is 11.5 Å². The molecule has 0 aliphatic carbocycles. The third kappa shape index (κ3) is 4.88. The molecule has 29 heavy (non-hydrogen) atoms. The van der Waals surface area contributed by atoms with E-state index in [-0.39, 0.29) is 11.8 Å². The van der Waals surface area contributed by atoms with Crippen molar-refractivity contribution in [3.05, 3.63) is 59.8 Å². The van der Waals surface area contributed by atoms with Crippen LogP contribution in [0.15, 0.2) is 48.7 Å². The molecular weight excluding hydrogens is 384 g/mol. The van der Waals surface area contributed by atoms with Crippen LogP contribution in [0.25, 0.3) is 10.9 Å². The minimum absolute atomic E-state index is 0.0673. The van der Waals surface area contributed by atoms with Crippen molar-refractivity contribution in [2.75, 3.05) is 32.3 Å². The molecule has 0 fully saturated rings. The van der Waals surface area contributed by atoms with Gasteiger partial charge < -0.3 is 19.8 Å². The fourth-order valence-corrected chi connectivity index (χ4v) is 4.19. The van der Waals surface area contributed by atoms with Crippen molar-refractivity contribution in [3.8, 4) is 11.5 Å². The molecule has 1 unspecified atom stereocenters. The minimum Gasteiger partial charge on any atom is -0.493 e. The number of methoxy groups -OCH3 is 2. The molecule has 0 bridgehead atoms. The van der Waals surface area contributed by atoms with E-state index in [1.807, 2.05) is 36.5 Å². The Bertz CT molecular complexity index is 954. The largest absolute Gasteiger partial charge is 0.493 e. The Hall–Kier alpha value is -2.60. The van der Waals surface area contributed by atoms with Crippen LogP contribution in [-0.2, 0) is 4.79 Å². The van der Waals surface area contributed by atoms with Crippen molar-refractivity contribution in [1.29, 1.82) is 0 Å². The van der Waals surface area contributed by atoms with E-state index in [9.17, 15) is 4.79 Å². The molecule has 6 heteroatoms. The molecule has 0 aliphatic heterocycles. The van der Waals surface area contributed by atoms with Crippen molar-refractivity contribution in [1.82, 2.24) is 10.3 Å². The number of nitrogens with one attached hydrogen (secondary N) is 2. The second-order valence-electron chi connectivity index (χ2n) is 6.68. The standard InChI is InChI=1S/C23H28N2O3S/c1-4-29-13-12-22(26)25-15-19(17-9-7-11-21(27-2)23(17)28-3)18-14-24-20-10-6-5-8-16(18)20/h5-11,14,19,24H,4,12-13,15H2,1-3H3,(H,25,26). The molecule has 0 spiro atoms. The number of H-pyrrole nitrogens is 1. The SMILES string of the molecule is CCSCCC(=O)NCC(c1cccc(OC)c1OC)c1c[nH]c2ccccc12. The molecule has 1 heterocycles. The summed E-state index contributed by atoms with van der Waals surface area (Å²) in [5.74, 6) is 3.23. The molecule has 3 rings (SSSR count). The number of carbonyl (C=O) groups is 1. The van der Waals surface area contributed by atoms with E-state index in [2.05, 4.69) is 29.4 Å². The molecule has 2 aromatic carbocycles. The van der Waals surface area contributed by atoms with Gasteiger partial charge in [0.1, 0.15) is 0 Å². The van der Waals surface area contributed by atoms with Crippen LogP contribution < -0.4 is 14.8 Å². The number of para-hydroxylation sites is 2. The maximum Gasteiger partial charge on any atom is 0.220 e. The monoisotopic (exact) mass is 412 g/mol. The molecule has 1 amide bonds. The summed E-state index contributed by atoms with van der Waals surface area (Å²) in [6.07, 6.45) is 2.54. The van der Waals surface area contributed by atoms with Gasteiger partial charge in [-0.05, 0) is 23.4 Å². The second-order valence-corrected chi connectivity index (χ2v) is 8.07. The third-order valence-corrected chi connectivity index (χ3v) is 5.89. The lowest BCUT2D eigenvalue weighted by Crippen LogP contribution is -2.29. The quantitative estimate of drug-likeness (QED) is 0.479. The number of benzene rings is 2. The smallest absolute Gasteiger partial charge is 0.220 e. The predicted octanol–water partition coefficient (Wildman–Crippen LogP) is 4.58. The fraction of sp³-hybridized carbons (Fsp3) is 0.348. The lowest BCUT2D eigenvalue weighted by Gasteiger charge is -2.22. The highest BCUT2D eigenvalue weighted by Gasteiger charge is 2.24. The van der Waals surface area contributed by atoms with E-state index in [0.29, 0.717) is 24.5 Å². The first-order valence-corrected chi connectivity index (χ1v) is 11.0. The topological polar surface area (TPSA) is 63.4 Å². The van der Waals surface area contributed by atoms with Gasteiger partial charge in [0.2, 0.25) is 5.91 Å². The number of hydrogen-bond acceptors (Lipinski definition) is 4. The summed E-state index contributed by atoms with van der Waals surface area (Å²) in [5, 5.41) is 4.26. The van der Waals surface area contributed by atoms with Crippen molar-refractivity contribution in [2.45, 2.75) is 19.3 Å². The van der Waals surface area contributed by atoms with Crippen LogP contribution in [0.2, 0.25) is 0 Å². The molecule has 1 aromatic heterocycles. The minimum atomic E-state index is -0.0704. The van der Waals surface area contributed by atoms with E-state index in [0.717, 1.165) is 33.5 Å². The summed E-state index contributed by atoms with van der Waals surface area (Å²) in [6, 6.07) is 14.1. The Morgan fingerprint density at radius 2 is 1.93 bits per heavy atom. The molecule has 0 saturated carbocycles. The summed E-state index contributed by atoms with van der Waals surface area (Å²) < 4.78 is 11.2. The molecule has 2 N–H and O–H groups in total. The van der Waals surface area contributed by atoms with Gasteiger partial charge in [0.05, 0.1) is 14.2 Å². The van der Waals surface area contributed by atoms with Crippen molar-refractivity contribution < 1.29 is 14.3 Å². The van der Waals surface area contributed by atoms with Gasteiger partial charge in [0.15, 0.2) is 11.5 Å². The first kappa shape index (κ1) is 21.1. The summed E-state index contributed by atoms with van der Waals surface area (Å²) in [7, 11) is 3.28. The summed E-state index contributed by atoms with van der Waals surface area (Å²) in [5.41, 5.74) is 3.18. The Morgan fingerprint density at radius 3 is 2.69 bits per heavy atom. The predicted molar refractivity (Wildman–Crippen MR) is 120 cm³/mol. The van der Waals surface area contributed by atoms with E-state index in [1.54, 1.807) is 26.0 Å². The zero-order valence-electron chi connectivity index (χ0n) is 17.2. The zero-order valence-corrected chi connectivity index (χ0v) is 18.0. The molecule has 5 nitrogen and oxygen atoms in total. The second kappa shape index (κ2) is 10.3. The highest BCUT2D eigenvalue weighted by Crippen LogP contribution is 2.40. The molecule has 154 valence electrons. The molecule has 0 aliphatic rings. The number of ether oxygens (including phenoxy) is 2. The van der Waals surface area contributed by atoms with Gasteiger partial charge in [-0.15, -0.1) is 0 Å². The fourth-order valence-electron chi connectivity index (χ4n) is 3.57. The number of aromatic nitrogens is 1. The zero-order chi connectivity index (χ0) is 20.6. The lowest BCUT2D eigenvalue weighted by molar-refractivity contribution is -0.120. The summed E-state index contributed by atoms with van der Waals surface area (Å²) >= 11 is 1.78. The number of rotatable bonds is 10. The normalized spacial score (nSPS) is 12.0. The van der Waals surface area contributed by atoms with Gasteiger partial charge in [0.25, 0.3) is 0 Å². The Morgan fingerprint density at radius 1 is 1.10 bits per heavy atom. The number of carbonyl (C=O) groups excluding carboxylic acids is 1. The van der Waals surface area contributed by atoms with Crippen LogP contribution in [0.3, 0.4) is 0 Å². The Kier molecular flexibility index (Phi) is 7.47. The summed E-state index contributed by atoms with van der Waals surface area (Å²) in [4.78, 5) is 15.7. The lowest BCUT2D eigenvalue weighted by atomic mass is 9.89. The third-order valence-electron chi connectivity index (χ3n) is 4.99. The molecule has 0 saturated heterocycles.